The molecule has 37 heavy (non-hydrogen) atoms. The molecule has 0 spiro atoms. The second-order valence-electron chi connectivity index (χ2n) is 9.97. The third-order valence-electron chi connectivity index (χ3n) is 6.84. The Hall–Kier alpha value is -2.51. The van der Waals surface area contributed by atoms with Gasteiger partial charge in [-0.25, -0.2) is 0 Å². The van der Waals surface area contributed by atoms with Crippen LogP contribution in [0.4, 0.5) is 26.3 Å². The first-order valence-electron chi connectivity index (χ1n) is 12.6. The SMILES string of the molecule is Cc1cc(Sc2cc(C)cc(C(F)(F)F)c2C#CC2CCCC2)c(C#CC2CCCC2)c(C(F)(F)F)c1. The largest absolute Gasteiger partial charge is 0.417 e. The van der Waals surface area contributed by atoms with Gasteiger partial charge in [0.05, 0.1) is 22.3 Å². The van der Waals surface area contributed by atoms with Gasteiger partial charge in [0.1, 0.15) is 0 Å². The Kier molecular flexibility index (Phi) is 8.24. The van der Waals surface area contributed by atoms with Crippen molar-refractivity contribution in [3.63, 3.8) is 0 Å². The molecule has 2 aromatic rings. The van der Waals surface area contributed by atoms with Crippen LogP contribution >= 0.6 is 11.8 Å². The first-order chi connectivity index (χ1) is 17.4. The summed E-state index contributed by atoms with van der Waals surface area (Å²) < 4.78 is 84.3. The molecule has 7 heteroatoms. The highest BCUT2D eigenvalue weighted by molar-refractivity contribution is 7.99. The van der Waals surface area contributed by atoms with E-state index in [1.165, 1.54) is 0 Å². The zero-order valence-corrected chi connectivity index (χ0v) is 21.6. The standard InChI is InChI=1S/C30H28F6S/c1-19-15-25(29(31,32)33)23(13-11-21-7-3-4-8-21)27(17-19)37-28-18-20(2)16-26(30(34,35)36)24(28)14-12-22-9-5-6-10-22/h15-18,21-22H,3-10H2,1-2H3. The zero-order chi connectivity index (χ0) is 26.8. The predicted molar refractivity (Wildman–Crippen MR) is 134 cm³/mol. The summed E-state index contributed by atoms with van der Waals surface area (Å²) >= 11 is 0.890. The van der Waals surface area contributed by atoms with Crippen LogP contribution in [0.2, 0.25) is 0 Å². The van der Waals surface area contributed by atoms with Gasteiger partial charge >= 0.3 is 12.4 Å². The Balaban J connectivity index is 1.87. The third-order valence-corrected chi connectivity index (χ3v) is 7.92. The Morgan fingerprint density at radius 2 is 0.973 bits per heavy atom. The van der Waals surface area contributed by atoms with Gasteiger partial charge < -0.3 is 0 Å². The van der Waals surface area contributed by atoms with Crippen molar-refractivity contribution in [1.29, 1.82) is 0 Å². The summed E-state index contributed by atoms with van der Waals surface area (Å²) in [5.41, 5.74) is -1.35. The molecular weight excluding hydrogens is 506 g/mol. The summed E-state index contributed by atoms with van der Waals surface area (Å²) in [6.45, 7) is 3.09. The molecule has 0 N–H and O–H groups in total. The minimum absolute atomic E-state index is 0.0314. The van der Waals surface area contributed by atoms with Crippen molar-refractivity contribution < 1.29 is 26.3 Å². The summed E-state index contributed by atoms with van der Waals surface area (Å²) in [4.78, 5) is 0.390. The lowest BCUT2D eigenvalue weighted by atomic mass is 10.0. The number of halogens is 6. The van der Waals surface area contributed by atoms with Crippen molar-refractivity contribution in [2.75, 3.05) is 0 Å². The van der Waals surface area contributed by atoms with Gasteiger partial charge in [-0.1, -0.05) is 61.1 Å². The van der Waals surface area contributed by atoms with Gasteiger partial charge in [-0.15, -0.1) is 0 Å². The van der Waals surface area contributed by atoms with Gasteiger partial charge in [0.15, 0.2) is 0 Å². The molecule has 0 unspecified atom stereocenters. The molecule has 0 heterocycles. The van der Waals surface area contributed by atoms with Crippen LogP contribution in [0.5, 0.6) is 0 Å². The van der Waals surface area contributed by atoms with E-state index in [1.54, 1.807) is 26.0 Å². The number of rotatable bonds is 2. The third kappa shape index (κ3) is 6.88. The molecule has 0 aliphatic heterocycles. The summed E-state index contributed by atoms with van der Waals surface area (Å²) in [6, 6.07) is 5.26. The minimum atomic E-state index is -4.64. The molecule has 0 aromatic heterocycles. The van der Waals surface area contributed by atoms with Gasteiger partial charge in [-0.2, -0.15) is 26.3 Å². The fourth-order valence-electron chi connectivity index (χ4n) is 4.98. The van der Waals surface area contributed by atoms with Crippen LogP contribution < -0.4 is 0 Å². The van der Waals surface area contributed by atoms with E-state index >= 15 is 0 Å². The molecule has 2 fully saturated rings. The molecule has 0 saturated heterocycles. The average Bonchev–Trinajstić information content (AvgIpc) is 3.50. The number of aryl methyl sites for hydroxylation is 2. The molecule has 2 aliphatic carbocycles. The quantitative estimate of drug-likeness (QED) is 0.273. The number of hydrogen-bond donors (Lipinski definition) is 0. The fourth-order valence-corrected chi connectivity index (χ4v) is 6.23. The van der Waals surface area contributed by atoms with E-state index in [1.807, 2.05) is 0 Å². The van der Waals surface area contributed by atoms with E-state index in [2.05, 4.69) is 23.7 Å². The van der Waals surface area contributed by atoms with E-state index in [0.717, 1.165) is 75.3 Å². The van der Waals surface area contributed by atoms with Gasteiger partial charge in [0.25, 0.3) is 0 Å². The van der Waals surface area contributed by atoms with Crippen molar-refractivity contribution in [3.05, 3.63) is 57.6 Å². The highest BCUT2D eigenvalue weighted by Crippen LogP contribution is 2.43. The van der Waals surface area contributed by atoms with Crippen molar-refractivity contribution in [1.82, 2.24) is 0 Å². The van der Waals surface area contributed by atoms with Crippen molar-refractivity contribution in [2.24, 2.45) is 11.8 Å². The Morgan fingerprint density at radius 1 is 0.622 bits per heavy atom. The molecule has 0 amide bonds. The van der Waals surface area contributed by atoms with Gasteiger partial charge in [-0.3, -0.25) is 0 Å². The molecule has 0 radical (unpaired) electrons. The molecule has 0 nitrogen and oxygen atoms in total. The van der Waals surface area contributed by atoms with E-state index < -0.39 is 23.5 Å². The lowest BCUT2D eigenvalue weighted by Gasteiger charge is -2.18. The highest BCUT2D eigenvalue weighted by Gasteiger charge is 2.36. The molecule has 2 aliphatic rings. The summed E-state index contributed by atoms with van der Waals surface area (Å²) in [7, 11) is 0. The smallest absolute Gasteiger partial charge is 0.166 e. The molecule has 2 saturated carbocycles. The van der Waals surface area contributed by atoms with E-state index in [9.17, 15) is 26.3 Å². The van der Waals surface area contributed by atoms with Gasteiger partial charge in [-0.05, 0) is 74.9 Å². The fraction of sp³-hybridized carbons (Fsp3) is 0.467. The molecule has 0 atom stereocenters. The van der Waals surface area contributed by atoms with Crippen LogP contribution in [0.1, 0.15) is 84.7 Å². The summed E-state index contributed by atoms with van der Waals surface area (Å²) in [6.07, 6.45) is -1.94. The number of benzene rings is 2. The normalized spacial score (nSPS) is 16.9. The van der Waals surface area contributed by atoms with Crippen LogP contribution in [-0.2, 0) is 12.4 Å². The number of alkyl halides is 6. The van der Waals surface area contributed by atoms with Gasteiger partial charge in [0.2, 0.25) is 0 Å². The summed E-state index contributed by atoms with van der Waals surface area (Å²) in [5.74, 6) is 11.6. The van der Waals surface area contributed by atoms with Gasteiger partial charge in [0, 0.05) is 21.6 Å². The van der Waals surface area contributed by atoms with Crippen LogP contribution in [0.15, 0.2) is 34.1 Å². The summed E-state index contributed by atoms with van der Waals surface area (Å²) in [5, 5.41) is 0. The van der Waals surface area contributed by atoms with Crippen molar-refractivity contribution >= 4 is 11.8 Å². The molecule has 196 valence electrons. The van der Waals surface area contributed by atoms with Crippen LogP contribution in [-0.4, -0.2) is 0 Å². The molecule has 2 aromatic carbocycles. The Bertz CT molecular complexity index is 1170. The van der Waals surface area contributed by atoms with E-state index in [-0.39, 0.29) is 32.8 Å². The average molecular weight is 535 g/mol. The Labute approximate surface area is 218 Å². The minimum Gasteiger partial charge on any atom is -0.166 e. The first kappa shape index (κ1) is 27.5. The Morgan fingerprint density at radius 3 is 1.30 bits per heavy atom. The first-order valence-corrected chi connectivity index (χ1v) is 13.4. The maximum Gasteiger partial charge on any atom is 0.417 e. The predicted octanol–water partition coefficient (Wildman–Crippen LogP) is 9.58. The topological polar surface area (TPSA) is 0 Å². The van der Waals surface area contributed by atoms with Crippen molar-refractivity contribution in [3.8, 4) is 23.7 Å². The monoisotopic (exact) mass is 534 g/mol. The molecule has 0 bridgehead atoms. The highest BCUT2D eigenvalue weighted by atomic mass is 32.2. The van der Waals surface area contributed by atoms with Crippen LogP contribution in [0.3, 0.4) is 0 Å². The maximum atomic E-state index is 14.1. The molecular formula is C30H28F6S. The van der Waals surface area contributed by atoms with Crippen LogP contribution in [0, 0.1) is 49.4 Å². The number of hydrogen-bond acceptors (Lipinski definition) is 1. The maximum absolute atomic E-state index is 14.1. The zero-order valence-electron chi connectivity index (χ0n) is 20.8. The second-order valence-corrected chi connectivity index (χ2v) is 11.1. The van der Waals surface area contributed by atoms with E-state index in [4.69, 9.17) is 0 Å². The second kappa shape index (κ2) is 11.1. The molecule has 4 rings (SSSR count). The van der Waals surface area contributed by atoms with E-state index in [0.29, 0.717) is 11.1 Å². The lowest BCUT2D eigenvalue weighted by molar-refractivity contribution is -0.138. The van der Waals surface area contributed by atoms with Crippen molar-refractivity contribution in [2.45, 2.75) is 87.4 Å². The van der Waals surface area contributed by atoms with Crippen LogP contribution in [0.25, 0.3) is 0 Å². The lowest BCUT2D eigenvalue weighted by Crippen LogP contribution is -2.11.